The molecular weight excluding hydrogens is 334 g/mol. The van der Waals surface area contributed by atoms with Gasteiger partial charge in [-0.05, 0) is 42.7 Å². The first kappa shape index (κ1) is 16.7. The van der Waals surface area contributed by atoms with Gasteiger partial charge in [-0.15, -0.1) is 0 Å². The Morgan fingerprint density at radius 2 is 1.67 bits per heavy atom. The second-order valence-electron chi connectivity index (χ2n) is 6.11. The molecule has 0 radical (unpaired) electrons. The van der Waals surface area contributed by atoms with Crippen molar-refractivity contribution in [2.45, 2.75) is 13.5 Å². The van der Waals surface area contributed by atoms with Gasteiger partial charge in [-0.1, -0.05) is 53.9 Å². The highest BCUT2D eigenvalue weighted by Crippen LogP contribution is 2.18. The molecule has 0 aliphatic heterocycles. The average molecular weight is 351 g/mol. The van der Waals surface area contributed by atoms with Gasteiger partial charge in [0, 0.05) is 11.8 Å². The number of hydrogen-bond donors (Lipinski definition) is 0. The lowest BCUT2D eigenvalue weighted by atomic mass is 10.2. The van der Waals surface area contributed by atoms with Crippen molar-refractivity contribution in [2.75, 3.05) is 0 Å². The van der Waals surface area contributed by atoms with E-state index in [1.807, 2.05) is 54.6 Å². The summed E-state index contributed by atoms with van der Waals surface area (Å²) in [5, 5.41) is 0. The molecule has 0 spiro atoms. The van der Waals surface area contributed by atoms with Crippen molar-refractivity contribution in [2.24, 2.45) is 0 Å². The van der Waals surface area contributed by atoms with E-state index >= 15 is 0 Å². The topological polar surface area (TPSA) is 47.9 Å². The Morgan fingerprint density at radius 3 is 2.48 bits per heavy atom. The highest BCUT2D eigenvalue weighted by molar-refractivity contribution is 5.71. The van der Waals surface area contributed by atoms with Gasteiger partial charge < -0.3 is 4.74 Å². The second kappa shape index (κ2) is 7.67. The van der Waals surface area contributed by atoms with Crippen LogP contribution in [0.5, 0.6) is 5.88 Å². The summed E-state index contributed by atoms with van der Waals surface area (Å²) in [7, 11) is 0. The van der Waals surface area contributed by atoms with E-state index in [9.17, 15) is 0 Å². The summed E-state index contributed by atoms with van der Waals surface area (Å²) < 4.78 is 5.96. The SMILES string of the molecule is Cc1ccc(COc2nc3cccnc3nc2C#Cc2ccccc2)cc1. The molecule has 4 heteroatoms. The minimum absolute atomic E-state index is 0.404. The van der Waals surface area contributed by atoms with Crippen molar-refractivity contribution in [1.29, 1.82) is 0 Å². The largest absolute Gasteiger partial charge is 0.471 e. The molecule has 0 atom stereocenters. The molecule has 0 bridgehead atoms. The Hall–Kier alpha value is -3.71. The first-order valence-electron chi connectivity index (χ1n) is 8.66. The minimum Gasteiger partial charge on any atom is -0.471 e. The van der Waals surface area contributed by atoms with Gasteiger partial charge in [-0.25, -0.2) is 15.0 Å². The average Bonchev–Trinajstić information content (AvgIpc) is 2.72. The number of benzene rings is 2. The summed E-state index contributed by atoms with van der Waals surface area (Å²) >= 11 is 0. The predicted octanol–water partition coefficient (Wildman–Crippen LogP) is 4.31. The van der Waals surface area contributed by atoms with Crippen LogP contribution in [0.2, 0.25) is 0 Å². The fourth-order valence-electron chi connectivity index (χ4n) is 2.55. The molecule has 0 saturated carbocycles. The van der Waals surface area contributed by atoms with Crippen molar-refractivity contribution < 1.29 is 4.74 Å². The molecule has 2 aromatic carbocycles. The van der Waals surface area contributed by atoms with Gasteiger partial charge in [0.15, 0.2) is 11.3 Å². The standard InChI is InChI=1S/C23H17N3O/c1-17-9-11-19(12-10-17)16-27-23-21(14-13-18-6-3-2-4-7-18)25-22-20(26-23)8-5-15-24-22/h2-12,15H,16H2,1H3. The van der Waals surface area contributed by atoms with Crippen LogP contribution in [0.4, 0.5) is 0 Å². The third-order valence-electron chi connectivity index (χ3n) is 4.00. The number of rotatable bonds is 3. The van der Waals surface area contributed by atoms with E-state index < -0.39 is 0 Å². The van der Waals surface area contributed by atoms with Crippen molar-refractivity contribution in [1.82, 2.24) is 15.0 Å². The molecule has 0 N–H and O–H groups in total. The quantitative estimate of drug-likeness (QED) is 0.516. The fourth-order valence-corrected chi connectivity index (χ4v) is 2.55. The zero-order valence-electron chi connectivity index (χ0n) is 14.9. The third-order valence-corrected chi connectivity index (χ3v) is 4.00. The Morgan fingerprint density at radius 1 is 0.852 bits per heavy atom. The van der Waals surface area contributed by atoms with Crippen LogP contribution in [0.1, 0.15) is 22.4 Å². The normalized spacial score (nSPS) is 10.3. The maximum Gasteiger partial charge on any atom is 0.250 e. The number of ether oxygens (including phenoxy) is 1. The molecule has 0 saturated heterocycles. The van der Waals surface area contributed by atoms with E-state index in [1.54, 1.807) is 6.20 Å². The molecule has 0 unspecified atom stereocenters. The first-order valence-corrected chi connectivity index (χ1v) is 8.66. The number of nitrogens with zero attached hydrogens (tertiary/aromatic N) is 3. The first-order chi connectivity index (χ1) is 13.3. The summed E-state index contributed by atoms with van der Waals surface area (Å²) in [6, 6.07) is 21.7. The summed E-state index contributed by atoms with van der Waals surface area (Å²) in [5.41, 5.74) is 4.90. The van der Waals surface area contributed by atoms with E-state index in [2.05, 4.69) is 45.8 Å². The monoisotopic (exact) mass is 351 g/mol. The zero-order valence-corrected chi connectivity index (χ0v) is 14.9. The molecule has 4 rings (SSSR count). The van der Waals surface area contributed by atoms with Gasteiger partial charge in [0.1, 0.15) is 12.1 Å². The maximum atomic E-state index is 5.96. The van der Waals surface area contributed by atoms with Crippen LogP contribution in [0.3, 0.4) is 0 Å². The van der Waals surface area contributed by atoms with Crippen molar-refractivity contribution >= 4 is 11.2 Å². The van der Waals surface area contributed by atoms with Gasteiger partial charge in [0.2, 0.25) is 5.88 Å². The zero-order chi connectivity index (χ0) is 18.5. The molecule has 2 aromatic heterocycles. The van der Waals surface area contributed by atoms with E-state index in [1.165, 1.54) is 5.56 Å². The number of fused-ring (bicyclic) bond motifs is 1. The summed E-state index contributed by atoms with van der Waals surface area (Å²) in [4.78, 5) is 13.4. The molecular formula is C23H17N3O. The van der Waals surface area contributed by atoms with Crippen molar-refractivity contribution in [3.8, 4) is 17.7 Å². The Balaban J connectivity index is 1.68. The molecule has 130 valence electrons. The van der Waals surface area contributed by atoms with E-state index in [0.29, 0.717) is 29.3 Å². The second-order valence-corrected chi connectivity index (χ2v) is 6.11. The van der Waals surface area contributed by atoms with Crippen molar-refractivity contribution in [3.05, 3.63) is 95.3 Å². The van der Waals surface area contributed by atoms with Gasteiger partial charge in [-0.2, -0.15) is 0 Å². The van der Waals surface area contributed by atoms with E-state index in [0.717, 1.165) is 11.1 Å². The van der Waals surface area contributed by atoms with Gasteiger partial charge in [0.25, 0.3) is 0 Å². The van der Waals surface area contributed by atoms with Crippen LogP contribution in [-0.2, 0) is 6.61 Å². The van der Waals surface area contributed by atoms with Crippen LogP contribution >= 0.6 is 0 Å². The smallest absolute Gasteiger partial charge is 0.250 e. The van der Waals surface area contributed by atoms with Gasteiger partial charge in [-0.3, -0.25) is 0 Å². The summed E-state index contributed by atoms with van der Waals surface area (Å²) in [6.45, 7) is 2.46. The molecule has 0 aliphatic carbocycles. The lowest BCUT2D eigenvalue weighted by Gasteiger charge is -2.08. The minimum atomic E-state index is 0.404. The van der Waals surface area contributed by atoms with E-state index in [4.69, 9.17) is 4.74 Å². The number of aryl methyl sites for hydroxylation is 1. The maximum absolute atomic E-state index is 5.96. The Bertz CT molecular complexity index is 1130. The summed E-state index contributed by atoms with van der Waals surface area (Å²) in [5.74, 6) is 6.61. The Kier molecular flexibility index (Phi) is 4.76. The van der Waals surface area contributed by atoms with Crippen LogP contribution in [0.15, 0.2) is 72.9 Å². The molecule has 0 fully saturated rings. The highest BCUT2D eigenvalue weighted by atomic mass is 16.5. The fraction of sp³-hybridized carbons (Fsp3) is 0.0870. The molecule has 0 amide bonds. The molecule has 4 nitrogen and oxygen atoms in total. The van der Waals surface area contributed by atoms with Crippen LogP contribution < -0.4 is 4.74 Å². The number of aromatic nitrogens is 3. The van der Waals surface area contributed by atoms with Crippen molar-refractivity contribution in [3.63, 3.8) is 0 Å². The lowest BCUT2D eigenvalue weighted by Crippen LogP contribution is -2.02. The van der Waals surface area contributed by atoms with Crippen LogP contribution in [0, 0.1) is 18.8 Å². The van der Waals surface area contributed by atoms with Crippen LogP contribution in [-0.4, -0.2) is 15.0 Å². The van der Waals surface area contributed by atoms with E-state index in [-0.39, 0.29) is 0 Å². The lowest BCUT2D eigenvalue weighted by molar-refractivity contribution is 0.292. The third kappa shape index (κ3) is 4.10. The molecule has 2 heterocycles. The van der Waals surface area contributed by atoms with Gasteiger partial charge >= 0.3 is 0 Å². The Labute approximate surface area is 157 Å². The molecule has 4 aromatic rings. The summed E-state index contributed by atoms with van der Waals surface area (Å²) in [6.07, 6.45) is 1.69. The van der Waals surface area contributed by atoms with Crippen LogP contribution in [0.25, 0.3) is 11.2 Å². The predicted molar refractivity (Wildman–Crippen MR) is 105 cm³/mol. The molecule has 27 heavy (non-hydrogen) atoms. The molecule has 0 aliphatic rings. The highest BCUT2D eigenvalue weighted by Gasteiger charge is 2.09. The van der Waals surface area contributed by atoms with Gasteiger partial charge in [0.05, 0.1) is 0 Å². The number of hydrogen-bond acceptors (Lipinski definition) is 4. The number of pyridine rings is 1.